The molecule has 8 heteroatoms. The summed E-state index contributed by atoms with van der Waals surface area (Å²) in [5, 5.41) is 4.47. The van der Waals surface area contributed by atoms with E-state index in [9.17, 15) is 14.4 Å². The van der Waals surface area contributed by atoms with Crippen LogP contribution in [-0.2, 0) is 20.9 Å². The van der Waals surface area contributed by atoms with Crippen molar-refractivity contribution in [1.29, 1.82) is 0 Å². The van der Waals surface area contributed by atoms with Gasteiger partial charge in [0, 0.05) is 10.5 Å². The van der Waals surface area contributed by atoms with Gasteiger partial charge in [-0.05, 0) is 35.9 Å². The summed E-state index contributed by atoms with van der Waals surface area (Å²) < 4.78 is 10.7. The largest absolute Gasteiger partial charge is 0.467 e. The monoisotopic (exact) mass is 406 g/mol. The van der Waals surface area contributed by atoms with Crippen molar-refractivity contribution in [3.05, 3.63) is 64.5 Å². The van der Waals surface area contributed by atoms with Crippen LogP contribution < -0.4 is 10.6 Å². The van der Waals surface area contributed by atoms with E-state index in [-0.39, 0.29) is 6.54 Å². The van der Waals surface area contributed by atoms with Crippen molar-refractivity contribution < 1.29 is 23.5 Å². The van der Waals surface area contributed by atoms with Crippen LogP contribution in [0.1, 0.15) is 11.3 Å². The fraction of sp³-hybridized carbons (Fsp3) is 0.118. The Labute approximate surface area is 152 Å². The zero-order chi connectivity index (χ0) is 18.1. The maximum Gasteiger partial charge on any atom is 0.331 e. The molecular formula is C17H15BrN2O5. The molecule has 0 fully saturated rings. The van der Waals surface area contributed by atoms with E-state index in [4.69, 9.17) is 9.15 Å². The van der Waals surface area contributed by atoms with Gasteiger partial charge in [-0.25, -0.2) is 9.59 Å². The van der Waals surface area contributed by atoms with Crippen molar-refractivity contribution in [2.75, 3.05) is 6.61 Å². The Balaban J connectivity index is 1.67. The highest BCUT2D eigenvalue weighted by Gasteiger charge is 2.09. The fourth-order valence-corrected chi connectivity index (χ4v) is 1.97. The van der Waals surface area contributed by atoms with E-state index in [1.807, 2.05) is 29.6 Å². The first-order valence-corrected chi connectivity index (χ1v) is 8.03. The number of ether oxygens (including phenoxy) is 1. The van der Waals surface area contributed by atoms with Crippen LogP contribution in [0.25, 0.3) is 6.08 Å². The first-order valence-electron chi connectivity index (χ1n) is 7.23. The number of hydrogen-bond acceptors (Lipinski definition) is 5. The predicted molar refractivity (Wildman–Crippen MR) is 93.2 cm³/mol. The number of carbonyl (C=O) groups is 3. The van der Waals surface area contributed by atoms with Gasteiger partial charge in [-0.2, -0.15) is 0 Å². The van der Waals surface area contributed by atoms with E-state index < -0.39 is 24.5 Å². The van der Waals surface area contributed by atoms with E-state index in [0.717, 1.165) is 10.0 Å². The van der Waals surface area contributed by atoms with Crippen LogP contribution >= 0.6 is 15.9 Å². The van der Waals surface area contributed by atoms with E-state index in [1.165, 1.54) is 12.3 Å². The van der Waals surface area contributed by atoms with Crippen molar-refractivity contribution >= 4 is 39.9 Å². The summed E-state index contributed by atoms with van der Waals surface area (Å²) in [7, 11) is 0. The van der Waals surface area contributed by atoms with Gasteiger partial charge in [-0.3, -0.25) is 10.1 Å². The third kappa shape index (κ3) is 7.05. The molecule has 7 nitrogen and oxygen atoms in total. The smallest absolute Gasteiger partial charge is 0.331 e. The van der Waals surface area contributed by atoms with Gasteiger partial charge >= 0.3 is 12.0 Å². The number of furan rings is 1. The highest BCUT2D eigenvalue weighted by atomic mass is 79.9. The van der Waals surface area contributed by atoms with Gasteiger partial charge in [0.25, 0.3) is 5.91 Å². The zero-order valence-electron chi connectivity index (χ0n) is 13.0. The van der Waals surface area contributed by atoms with Gasteiger partial charge in [0.2, 0.25) is 0 Å². The lowest BCUT2D eigenvalue weighted by Gasteiger charge is -2.05. The van der Waals surface area contributed by atoms with Crippen LogP contribution in [0.5, 0.6) is 0 Å². The summed E-state index contributed by atoms with van der Waals surface area (Å²) in [6.07, 6.45) is 4.23. The number of halogens is 1. The minimum absolute atomic E-state index is 0.141. The van der Waals surface area contributed by atoms with Gasteiger partial charge in [0.15, 0.2) is 6.61 Å². The lowest BCUT2D eigenvalue weighted by atomic mass is 10.2. The number of amides is 3. The van der Waals surface area contributed by atoms with Gasteiger partial charge in [0.1, 0.15) is 5.76 Å². The molecule has 130 valence electrons. The molecule has 2 aromatic rings. The van der Waals surface area contributed by atoms with Gasteiger partial charge < -0.3 is 14.5 Å². The highest BCUT2D eigenvalue weighted by molar-refractivity contribution is 9.10. The molecule has 0 atom stereocenters. The second-order valence-electron chi connectivity index (χ2n) is 4.80. The summed E-state index contributed by atoms with van der Waals surface area (Å²) in [6, 6.07) is 9.94. The Morgan fingerprint density at radius 2 is 1.92 bits per heavy atom. The molecule has 0 aliphatic heterocycles. The minimum Gasteiger partial charge on any atom is -0.467 e. The molecule has 1 heterocycles. The number of rotatable bonds is 6. The molecule has 0 unspecified atom stereocenters. The Morgan fingerprint density at radius 3 is 2.60 bits per heavy atom. The number of hydrogen-bond donors (Lipinski definition) is 2. The fourth-order valence-electron chi connectivity index (χ4n) is 1.71. The van der Waals surface area contributed by atoms with E-state index >= 15 is 0 Å². The summed E-state index contributed by atoms with van der Waals surface area (Å²) in [6.45, 7) is -0.417. The molecule has 2 N–H and O–H groups in total. The number of imide groups is 1. The van der Waals surface area contributed by atoms with Crippen LogP contribution in [0.15, 0.2) is 57.6 Å². The topological polar surface area (TPSA) is 97.6 Å². The molecule has 1 aromatic carbocycles. The predicted octanol–water partition coefficient (Wildman–Crippen LogP) is 2.62. The number of benzene rings is 1. The lowest BCUT2D eigenvalue weighted by Crippen LogP contribution is -2.41. The van der Waals surface area contributed by atoms with E-state index in [2.05, 4.69) is 21.2 Å². The lowest BCUT2D eigenvalue weighted by molar-refractivity contribution is -0.143. The highest BCUT2D eigenvalue weighted by Crippen LogP contribution is 2.11. The third-order valence-electron chi connectivity index (χ3n) is 2.88. The minimum atomic E-state index is -0.734. The first-order chi connectivity index (χ1) is 12.0. The molecule has 1 aromatic heterocycles. The van der Waals surface area contributed by atoms with Crippen molar-refractivity contribution in [3.8, 4) is 0 Å². The Hall–Kier alpha value is -2.87. The standard InChI is InChI=1S/C17H15BrN2O5/c18-13-6-3-12(4-7-13)5-8-16(22)25-11-15(21)20-17(23)19-10-14-2-1-9-24-14/h1-9H,10-11H2,(H2,19,20,21,23)/b8-5+. The Bertz CT molecular complexity index is 754. The molecule has 0 aliphatic carbocycles. The molecular weight excluding hydrogens is 392 g/mol. The van der Waals surface area contributed by atoms with Crippen LogP contribution in [0.3, 0.4) is 0 Å². The van der Waals surface area contributed by atoms with Gasteiger partial charge in [-0.1, -0.05) is 28.1 Å². The van der Waals surface area contributed by atoms with Crippen LogP contribution in [0.2, 0.25) is 0 Å². The van der Waals surface area contributed by atoms with Gasteiger partial charge in [-0.15, -0.1) is 0 Å². The number of carbonyl (C=O) groups excluding carboxylic acids is 3. The zero-order valence-corrected chi connectivity index (χ0v) is 14.6. The maximum absolute atomic E-state index is 11.5. The van der Waals surface area contributed by atoms with E-state index in [1.54, 1.807) is 18.2 Å². The van der Waals surface area contributed by atoms with Crippen molar-refractivity contribution in [2.24, 2.45) is 0 Å². The molecule has 0 spiro atoms. The normalized spacial score (nSPS) is 10.4. The van der Waals surface area contributed by atoms with Crippen LogP contribution in [0, 0.1) is 0 Å². The Kier molecular flexibility index (Phi) is 6.97. The molecule has 2 rings (SSSR count). The van der Waals surface area contributed by atoms with Crippen LogP contribution in [-0.4, -0.2) is 24.5 Å². The quantitative estimate of drug-likeness (QED) is 0.567. The molecule has 3 amide bonds. The summed E-state index contributed by atoms with van der Waals surface area (Å²) >= 11 is 3.31. The molecule has 0 saturated heterocycles. The maximum atomic E-state index is 11.5. The molecule has 0 aliphatic rings. The average Bonchev–Trinajstić information content (AvgIpc) is 3.11. The third-order valence-corrected chi connectivity index (χ3v) is 3.41. The summed E-state index contributed by atoms with van der Waals surface area (Å²) in [5.41, 5.74) is 0.807. The number of esters is 1. The molecule has 0 radical (unpaired) electrons. The SMILES string of the molecule is O=C(COC(=O)/C=C/c1ccc(Br)cc1)NC(=O)NCc1ccco1. The van der Waals surface area contributed by atoms with Crippen molar-refractivity contribution in [2.45, 2.75) is 6.54 Å². The molecule has 0 bridgehead atoms. The summed E-state index contributed by atoms with van der Waals surface area (Å²) in [5.74, 6) is -0.872. The second kappa shape index (κ2) is 9.43. The van der Waals surface area contributed by atoms with Crippen molar-refractivity contribution in [3.63, 3.8) is 0 Å². The number of nitrogens with one attached hydrogen (secondary N) is 2. The Morgan fingerprint density at radius 1 is 1.16 bits per heavy atom. The summed E-state index contributed by atoms with van der Waals surface area (Å²) in [4.78, 5) is 34.6. The molecule has 25 heavy (non-hydrogen) atoms. The van der Waals surface area contributed by atoms with Gasteiger partial charge in [0.05, 0.1) is 12.8 Å². The van der Waals surface area contributed by atoms with Crippen molar-refractivity contribution in [1.82, 2.24) is 10.6 Å². The number of urea groups is 1. The molecule has 0 saturated carbocycles. The average molecular weight is 407 g/mol. The van der Waals surface area contributed by atoms with Crippen LogP contribution in [0.4, 0.5) is 4.79 Å². The van der Waals surface area contributed by atoms with E-state index in [0.29, 0.717) is 5.76 Å². The second-order valence-corrected chi connectivity index (χ2v) is 5.72. The first kappa shape index (κ1) is 18.5.